The molecule has 2 N–H and O–H groups in total. The number of guanidine groups is 1. The molecule has 5 nitrogen and oxygen atoms in total. The zero-order valence-electron chi connectivity index (χ0n) is 10.8. The summed E-state index contributed by atoms with van der Waals surface area (Å²) in [6.07, 6.45) is -1.47. The van der Waals surface area contributed by atoms with Crippen LogP contribution in [0.25, 0.3) is 0 Å². The standard InChI is InChI=1S/C12H16F2N4O.HI/c13-10(14)8-19-11-4-1-3-9(18-11)7-17-12-15-5-2-6-16-12;/h1,3-4,10H,2,5-8H2,(H2,15,16,17);1H. The molecule has 0 unspecified atom stereocenters. The van der Waals surface area contributed by atoms with E-state index in [-0.39, 0.29) is 29.9 Å². The zero-order valence-corrected chi connectivity index (χ0v) is 13.1. The molecule has 0 atom stereocenters. The molecule has 112 valence electrons. The Morgan fingerprint density at radius 2 is 2.25 bits per heavy atom. The molecule has 0 spiro atoms. The summed E-state index contributed by atoms with van der Waals surface area (Å²) in [6.45, 7) is 1.53. The topological polar surface area (TPSA) is 58.5 Å². The summed E-state index contributed by atoms with van der Waals surface area (Å²) in [6, 6.07) is 5.08. The van der Waals surface area contributed by atoms with Crippen LogP contribution in [0.2, 0.25) is 0 Å². The third-order valence-electron chi connectivity index (χ3n) is 2.47. The van der Waals surface area contributed by atoms with E-state index in [4.69, 9.17) is 4.74 Å². The monoisotopic (exact) mass is 398 g/mol. The zero-order chi connectivity index (χ0) is 13.5. The van der Waals surface area contributed by atoms with Crippen molar-refractivity contribution in [1.82, 2.24) is 15.6 Å². The molecule has 0 aromatic carbocycles. The van der Waals surface area contributed by atoms with Crippen molar-refractivity contribution < 1.29 is 13.5 Å². The highest BCUT2D eigenvalue weighted by molar-refractivity contribution is 14.0. The summed E-state index contributed by atoms with van der Waals surface area (Å²) >= 11 is 0. The lowest BCUT2D eigenvalue weighted by Crippen LogP contribution is -2.40. The summed E-state index contributed by atoms with van der Waals surface area (Å²) in [5.74, 6) is 0.949. The van der Waals surface area contributed by atoms with Crippen LogP contribution in [0.1, 0.15) is 12.1 Å². The maximum absolute atomic E-state index is 12.0. The Morgan fingerprint density at radius 3 is 2.95 bits per heavy atom. The first-order valence-corrected chi connectivity index (χ1v) is 6.13. The third-order valence-corrected chi connectivity index (χ3v) is 2.47. The Bertz CT molecular complexity index is 445. The molecule has 0 aliphatic carbocycles. The van der Waals surface area contributed by atoms with Crippen molar-refractivity contribution in [3.8, 4) is 5.88 Å². The second-order valence-corrected chi connectivity index (χ2v) is 4.03. The molecular weight excluding hydrogens is 381 g/mol. The highest BCUT2D eigenvalue weighted by Gasteiger charge is 2.06. The minimum atomic E-state index is -2.50. The molecule has 1 aliphatic rings. The van der Waals surface area contributed by atoms with Crippen LogP contribution in [-0.4, -0.2) is 37.1 Å². The van der Waals surface area contributed by atoms with Gasteiger partial charge in [-0.25, -0.2) is 13.8 Å². The van der Waals surface area contributed by atoms with Gasteiger partial charge < -0.3 is 15.4 Å². The van der Waals surface area contributed by atoms with Crippen LogP contribution in [0.15, 0.2) is 23.2 Å². The van der Waals surface area contributed by atoms with E-state index in [2.05, 4.69) is 20.6 Å². The number of hydrogen-bond acceptors (Lipinski definition) is 5. The van der Waals surface area contributed by atoms with Crippen molar-refractivity contribution in [2.75, 3.05) is 19.7 Å². The first kappa shape index (κ1) is 16.9. The van der Waals surface area contributed by atoms with Gasteiger partial charge in [-0.05, 0) is 12.5 Å². The largest absolute Gasteiger partial charge is 0.472 e. The number of ether oxygens (including phenoxy) is 1. The Kier molecular flexibility index (Phi) is 7.48. The molecular formula is C12H17F2IN4O. The first-order chi connectivity index (χ1) is 9.24. The Balaban J connectivity index is 0.00000200. The van der Waals surface area contributed by atoms with E-state index in [1.807, 2.05) is 0 Å². The molecule has 0 saturated heterocycles. The van der Waals surface area contributed by atoms with Gasteiger partial charge in [0.1, 0.15) is 0 Å². The summed E-state index contributed by atoms with van der Waals surface area (Å²) in [5, 5.41) is 6.23. The van der Waals surface area contributed by atoms with Gasteiger partial charge >= 0.3 is 0 Å². The minimum absolute atomic E-state index is 0. The molecule has 8 heteroatoms. The van der Waals surface area contributed by atoms with E-state index >= 15 is 0 Å². The van der Waals surface area contributed by atoms with E-state index < -0.39 is 13.0 Å². The number of hydrogen-bond donors (Lipinski definition) is 2. The second-order valence-electron chi connectivity index (χ2n) is 4.03. The lowest BCUT2D eigenvalue weighted by Gasteiger charge is -2.15. The smallest absolute Gasteiger partial charge is 0.272 e. The Hall–Kier alpha value is -1.19. The number of rotatable bonds is 5. The fourth-order valence-electron chi connectivity index (χ4n) is 1.61. The van der Waals surface area contributed by atoms with Crippen LogP contribution in [0.4, 0.5) is 8.78 Å². The van der Waals surface area contributed by atoms with E-state index in [0.29, 0.717) is 12.2 Å². The van der Waals surface area contributed by atoms with Crippen LogP contribution >= 0.6 is 24.0 Å². The number of aliphatic imine (C=N–C) groups is 1. The fraction of sp³-hybridized carbons (Fsp3) is 0.500. The van der Waals surface area contributed by atoms with Gasteiger partial charge in [-0.2, -0.15) is 0 Å². The predicted molar refractivity (Wildman–Crippen MR) is 82.9 cm³/mol. The summed E-state index contributed by atoms with van der Waals surface area (Å²) in [7, 11) is 0. The average Bonchev–Trinajstić information content (AvgIpc) is 2.44. The van der Waals surface area contributed by atoms with Gasteiger partial charge in [-0.3, -0.25) is 4.99 Å². The van der Waals surface area contributed by atoms with Crippen LogP contribution in [-0.2, 0) is 6.54 Å². The van der Waals surface area contributed by atoms with Crippen molar-refractivity contribution in [1.29, 1.82) is 0 Å². The van der Waals surface area contributed by atoms with Gasteiger partial charge in [0, 0.05) is 19.2 Å². The maximum Gasteiger partial charge on any atom is 0.272 e. The summed E-state index contributed by atoms with van der Waals surface area (Å²) in [5.41, 5.74) is 0.710. The van der Waals surface area contributed by atoms with Crippen LogP contribution < -0.4 is 15.4 Å². The molecule has 0 amide bonds. The lowest BCUT2D eigenvalue weighted by atomic mass is 10.3. The molecule has 2 rings (SSSR count). The molecule has 20 heavy (non-hydrogen) atoms. The average molecular weight is 398 g/mol. The quantitative estimate of drug-likeness (QED) is 0.743. The molecule has 1 aromatic heterocycles. The number of aromatic nitrogens is 1. The Labute approximate surface area is 133 Å². The molecule has 2 heterocycles. The van der Waals surface area contributed by atoms with Crippen LogP contribution in [0.5, 0.6) is 5.88 Å². The highest BCUT2D eigenvalue weighted by Crippen LogP contribution is 2.08. The van der Waals surface area contributed by atoms with Crippen molar-refractivity contribution in [3.63, 3.8) is 0 Å². The molecule has 0 radical (unpaired) electrons. The summed E-state index contributed by atoms with van der Waals surface area (Å²) < 4.78 is 28.9. The number of nitrogens with zero attached hydrogens (tertiary/aromatic N) is 2. The first-order valence-electron chi connectivity index (χ1n) is 6.13. The van der Waals surface area contributed by atoms with Crippen LogP contribution in [0, 0.1) is 0 Å². The number of halogens is 3. The summed E-state index contributed by atoms with van der Waals surface area (Å²) in [4.78, 5) is 8.39. The molecule has 0 saturated carbocycles. The van der Waals surface area contributed by atoms with E-state index in [9.17, 15) is 8.78 Å². The van der Waals surface area contributed by atoms with Crippen molar-refractivity contribution in [2.45, 2.75) is 19.4 Å². The number of pyridine rings is 1. The van der Waals surface area contributed by atoms with Crippen molar-refractivity contribution in [2.24, 2.45) is 4.99 Å². The normalized spacial score (nSPS) is 14.1. The van der Waals surface area contributed by atoms with Gasteiger partial charge in [0.15, 0.2) is 12.6 Å². The van der Waals surface area contributed by atoms with Gasteiger partial charge in [-0.1, -0.05) is 6.07 Å². The van der Waals surface area contributed by atoms with Crippen molar-refractivity contribution >= 4 is 29.9 Å². The van der Waals surface area contributed by atoms with E-state index in [1.54, 1.807) is 18.2 Å². The lowest BCUT2D eigenvalue weighted by molar-refractivity contribution is 0.0795. The SMILES string of the molecule is FC(F)COc1cccc(CNC2=NCCCN2)n1.I. The van der Waals surface area contributed by atoms with Gasteiger partial charge in [0.2, 0.25) is 5.88 Å². The highest BCUT2D eigenvalue weighted by atomic mass is 127. The van der Waals surface area contributed by atoms with Gasteiger partial charge in [0.25, 0.3) is 6.43 Å². The predicted octanol–water partition coefficient (Wildman–Crippen LogP) is 1.78. The minimum Gasteiger partial charge on any atom is -0.472 e. The Morgan fingerprint density at radius 1 is 1.40 bits per heavy atom. The fourth-order valence-corrected chi connectivity index (χ4v) is 1.61. The number of nitrogens with one attached hydrogen (secondary N) is 2. The molecule has 1 aliphatic heterocycles. The van der Waals surface area contributed by atoms with Gasteiger partial charge in [0.05, 0.1) is 12.2 Å². The third kappa shape index (κ3) is 5.85. The molecule has 1 aromatic rings. The van der Waals surface area contributed by atoms with Gasteiger partial charge in [-0.15, -0.1) is 24.0 Å². The molecule has 0 fully saturated rings. The van der Waals surface area contributed by atoms with E-state index in [1.165, 1.54) is 0 Å². The number of alkyl halides is 2. The maximum atomic E-state index is 12.0. The van der Waals surface area contributed by atoms with Crippen LogP contribution in [0.3, 0.4) is 0 Å². The second kappa shape index (κ2) is 8.88. The molecule has 0 bridgehead atoms. The van der Waals surface area contributed by atoms with E-state index in [0.717, 1.165) is 25.5 Å². The van der Waals surface area contributed by atoms with Crippen molar-refractivity contribution in [3.05, 3.63) is 23.9 Å².